The highest BCUT2D eigenvalue weighted by atomic mass is 16.2. The second-order valence-corrected chi connectivity index (χ2v) is 6.89. The Bertz CT molecular complexity index is 825. The van der Waals surface area contributed by atoms with Crippen LogP contribution in [0.4, 0.5) is 5.69 Å². The number of hydrogen-bond acceptors (Lipinski definition) is 3. The zero-order chi connectivity index (χ0) is 18.7. The highest BCUT2D eigenvalue weighted by molar-refractivity contribution is 6.04. The van der Waals surface area contributed by atoms with Crippen LogP contribution < -0.4 is 10.6 Å². The minimum atomic E-state index is -0.273. The summed E-state index contributed by atoms with van der Waals surface area (Å²) in [6, 6.07) is 7.70. The van der Waals surface area contributed by atoms with E-state index in [4.69, 9.17) is 0 Å². The Kier molecular flexibility index (Phi) is 5.40. The van der Waals surface area contributed by atoms with E-state index in [1.807, 2.05) is 49.6 Å². The molecule has 0 saturated carbocycles. The van der Waals surface area contributed by atoms with E-state index in [-0.39, 0.29) is 17.9 Å². The summed E-state index contributed by atoms with van der Waals surface area (Å²) in [6.45, 7) is 6.65. The number of fused-ring (bicyclic) bond motifs is 1. The molecule has 0 spiro atoms. The maximum absolute atomic E-state index is 12.8. The third-order valence-corrected chi connectivity index (χ3v) is 4.92. The SMILES string of the molecule is CCC(C)NC(=O)c1nc(C(=O)Nc2ccccc2C)n2c1CCCC2. The number of nitrogens with zero attached hydrogens (tertiary/aromatic N) is 2. The number of imidazole rings is 1. The molecule has 1 aliphatic rings. The highest BCUT2D eigenvalue weighted by Gasteiger charge is 2.28. The van der Waals surface area contributed by atoms with E-state index >= 15 is 0 Å². The van der Waals surface area contributed by atoms with Crippen LogP contribution in [0.5, 0.6) is 0 Å². The Morgan fingerprint density at radius 2 is 2.00 bits per heavy atom. The number of carbonyl (C=O) groups excluding carboxylic acids is 2. The van der Waals surface area contributed by atoms with Crippen molar-refractivity contribution in [3.63, 3.8) is 0 Å². The van der Waals surface area contributed by atoms with Crippen molar-refractivity contribution in [2.24, 2.45) is 0 Å². The number of carbonyl (C=O) groups is 2. The first-order chi connectivity index (χ1) is 12.5. The lowest BCUT2D eigenvalue weighted by Gasteiger charge is -2.17. The topological polar surface area (TPSA) is 76.0 Å². The molecule has 2 heterocycles. The fourth-order valence-corrected chi connectivity index (χ4v) is 3.18. The van der Waals surface area contributed by atoms with Gasteiger partial charge in [-0.2, -0.15) is 0 Å². The van der Waals surface area contributed by atoms with E-state index < -0.39 is 0 Å². The predicted molar refractivity (Wildman–Crippen MR) is 102 cm³/mol. The Balaban J connectivity index is 1.91. The van der Waals surface area contributed by atoms with E-state index in [9.17, 15) is 9.59 Å². The number of rotatable bonds is 5. The van der Waals surface area contributed by atoms with Gasteiger partial charge >= 0.3 is 0 Å². The summed E-state index contributed by atoms with van der Waals surface area (Å²) in [5.41, 5.74) is 3.00. The highest BCUT2D eigenvalue weighted by Crippen LogP contribution is 2.22. The molecule has 1 aromatic carbocycles. The van der Waals surface area contributed by atoms with Crippen molar-refractivity contribution in [2.75, 3.05) is 5.32 Å². The largest absolute Gasteiger partial charge is 0.348 e. The molecule has 6 nitrogen and oxygen atoms in total. The molecule has 2 N–H and O–H groups in total. The molecule has 2 aromatic rings. The molecule has 0 bridgehead atoms. The van der Waals surface area contributed by atoms with Gasteiger partial charge in [0.05, 0.1) is 5.69 Å². The van der Waals surface area contributed by atoms with E-state index in [2.05, 4.69) is 15.6 Å². The molecule has 1 atom stereocenters. The molecular formula is C20H26N4O2. The Labute approximate surface area is 154 Å². The Hall–Kier alpha value is -2.63. The van der Waals surface area contributed by atoms with Crippen molar-refractivity contribution in [3.8, 4) is 0 Å². The lowest BCUT2D eigenvalue weighted by atomic mass is 10.1. The number of para-hydroxylation sites is 1. The number of amides is 2. The first-order valence-electron chi connectivity index (χ1n) is 9.28. The summed E-state index contributed by atoms with van der Waals surface area (Å²) in [5, 5.41) is 5.89. The number of benzene rings is 1. The lowest BCUT2D eigenvalue weighted by molar-refractivity contribution is 0.0933. The van der Waals surface area contributed by atoms with E-state index in [1.165, 1.54) is 0 Å². The Morgan fingerprint density at radius 1 is 1.23 bits per heavy atom. The monoisotopic (exact) mass is 354 g/mol. The maximum atomic E-state index is 12.8. The zero-order valence-corrected chi connectivity index (χ0v) is 15.6. The second-order valence-electron chi connectivity index (χ2n) is 6.89. The van der Waals surface area contributed by atoms with Crippen molar-refractivity contribution in [2.45, 2.75) is 59.0 Å². The summed E-state index contributed by atoms with van der Waals surface area (Å²) in [5.74, 6) is -0.151. The first-order valence-corrected chi connectivity index (χ1v) is 9.28. The number of aryl methyl sites for hydroxylation is 1. The normalized spacial score (nSPS) is 14.4. The van der Waals surface area contributed by atoms with Crippen LogP contribution in [0.25, 0.3) is 0 Å². The molecule has 0 aliphatic carbocycles. The average molecular weight is 354 g/mol. The third-order valence-electron chi connectivity index (χ3n) is 4.92. The standard InChI is InChI=1S/C20H26N4O2/c1-4-14(3)21-19(25)17-16-11-7-8-12-24(16)18(23-17)20(26)22-15-10-6-5-9-13(15)2/h5-6,9-10,14H,4,7-8,11-12H2,1-3H3,(H,21,25)(H,22,26). The van der Waals surface area contributed by atoms with Gasteiger partial charge in [-0.3, -0.25) is 9.59 Å². The lowest BCUT2D eigenvalue weighted by Crippen LogP contribution is -2.33. The number of nitrogens with one attached hydrogen (secondary N) is 2. The van der Waals surface area contributed by atoms with Crippen LogP contribution >= 0.6 is 0 Å². The minimum absolute atomic E-state index is 0.0766. The molecule has 26 heavy (non-hydrogen) atoms. The molecule has 6 heteroatoms. The predicted octanol–water partition coefficient (Wildman–Crippen LogP) is 3.31. The number of aromatic nitrogens is 2. The van der Waals surface area contributed by atoms with Gasteiger partial charge in [-0.1, -0.05) is 25.1 Å². The quantitative estimate of drug-likeness (QED) is 0.865. The van der Waals surface area contributed by atoms with Gasteiger partial charge in [-0.05, 0) is 51.2 Å². The molecule has 138 valence electrons. The fraction of sp³-hybridized carbons (Fsp3) is 0.450. The molecule has 0 fully saturated rings. The van der Waals surface area contributed by atoms with Crippen LogP contribution in [0.3, 0.4) is 0 Å². The maximum Gasteiger partial charge on any atom is 0.291 e. The van der Waals surface area contributed by atoms with Gasteiger partial charge in [0, 0.05) is 18.3 Å². The molecule has 2 amide bonds. The summed E-state index contributed by atoms with van der Waals surface area (Å²) in [4.78, 5) is 29.9. The molecule has 1 unspecified atom stereocenters. The van der Waals surface area contributed by atoms with Crippen LogP contribution in [0, 0.1) is 6.92 Å². The van der Waals surface area contributed by atoms with Gasteiger partial charge in [0.25, 0.3) is 11.8 Å². The van der Waals surface area contributed by atoms with Crippen LogP contribution in [0.15, 0.2) is 24.3 Å². The summed E-state index contributed by atoms with van der Waals surface area (Å²) in [6.07, 6.45) is 3.62. The van der Waals surface area contributed by atoms with Crippen molar-refractivity contribution < 1.29 is 9.59 Å². The molecule has 1 aromatic heterocycles. The van der Waals surface area contributed by atoms with Gasteiger partial charge < -0.3 is 15.2 Å². The summed E-state index contributed by atoms with van der Waals surface area (Å²) >= 11 is 0. The minimum Gasteiger partial charge on any atom is -0.348 e. The van der Waals surface area contributed by atoms with Crippen LogP contribution in [0.1, 0.15) is 65.5 Å². The average Bonchev–Trinajstić information content (AvgIpc) is 3.03. The van der Waals surface area contributed by atoms with Crippen molar-refractivity contribution in [3.05, 3.63) is 47.0 Å². The van der Waals surface area contributed by atoms with Gasteiger partial charge in [0.2, 0.25) is 0 Å². The van der Waals surface area contributed by atoms with Crippen molar-refractivity contribution in [1.29, 1.82) is 0 Å². The third kappa shape index (κ3) is 3.64. The molecule has 1 aliphatic heterocycles. The van der Waals surface area contributed by atoms with Gasteiger partial charge in [-0.25, -0.2) is 4.98 Å². The summed E-state index contributed by atoms with van der Waals surface area (Å²) < 4.78 is 1.91. The van der Waals surface area contributed by atoms with E-state index in [0.717, 1.165) is 49.2 Å². The van der Waals surface area contributed by atoms with Gasteiger partial charge in [-0.15, -0.1) is 0 Å². The first kappa shape index (κ1) is 18.2. The van der Waals surface area contributed by atoms with E-state index in [0.29, 0.717) is 11.5 Å². The zero-order valence-electron chi connectivity index (χ0n) is 15.6. The van der Waals surface area contributed by atoms with Crippen LogP contribution in [0.2, 0.25) is 0 Å². The van der Waals surface area contributed by atoms with E-state index in [1.54, 1.807) is 0 Å². The summed E-state index contributed by atoms with van der Waals surface area (Å²) in [7, 11) is 0. The van der Waals surface area contributed by atoms with Gasteiger partial charge in [0.1, 0.15) is 5.69 Å². The van der Waals surface area contributed by atoms with Gasteiger partial charge in [0.15, 0.2) is 5.82 Å². The number of anilines is 1. The van der Waals surface area contributed by atoms with Crippen molar-refractivity contribution in [1.82, 2.24) is 14.9 Å². The molecule has 0 radical (unpaired) electrons. The molecular weight excluding hydrogens is 328 g/mol. The van der Waals surface area contributed by atoms with Crippen LogP contribution in [-0.2, 0) is 13.0 Å². The molecule has 3 rings (SSSR count). The smallest absolute Gasteiger partial charge is 0.291 e. The fourth-order valence-electron chi connectivity index (χ4n) is 3.18. The van der Waals surface area contributed by atoms with Crippen molar-refractivity contribution >= 4 is 17.5 Å². The number of hydrogen-bond donors (Lipinski definition) is 2. The molecule has 0 saturated heterocycles. The van der Waals surface area contributed by atoms with Crippen LogP contribution in [-0.4, -0.2) is 27.4 Å². The Morgan fingerprint density at radius 3 is 2.73 bits per heavy atom. The second kappa shape index (κ2) is 7.72.